The molecule has 0 bridgehead atoms. The van der Waals surface area contributed by atoms with Gasteiger partial charge in [0, 0.05) is 31.1 Å². The minimum Gasteiger partial charge on any atom is -0.481 e. The maximum absolute atomic E-state index is 13.0. The zero-order chi connectivity index (χ0) is 23.0. The minimum atomic E-state index is -0.833. The van der Waals surface area contributed by atoms with Crippen molar-refractivity contribution in [1.82, 2.24) is 20.2 Å². The van der Waals surface area contributed by atoms with Crippen LogP contribution in [0.2, 0.25) is 0 Å². The maximum Gasteiger partial charge on any atom is 0.300 e. The molecule has 9 nitrogen and oxygen atoms in total. The molecule has 0 radical (unpaired) electrons. The molecule has 0 aliphatic heterocycles. The summed E-state index contributed by atoms with van der Waals surface area (Å²) in [5.74, 6) is -2.21. The van der Waals surface area contributed by atoms with Crippen LogP contribution < -0.4 is 10.6 Å². The van der Waals surface area contributed by atoms with E-state index in [1.165, 1.54) is 24.3 Å². The van der Waals surface area contributed by atoms with Crippen molar-refractivity contribution in [3.05, 3.63) is 53.9 Å². The molecule has 2 amide bonds. The van der Waals surface area contributed by atoms with Crippen molar-refractivity contribution in [3.63, 3.8) is 0 Å². The Morgan fingerprint density at radius 2 is 1.87 bits per heavy atom. The third kappa shape index (κ3) is 7.49. The Hall–Kier alpha value is -3.27. The summed E-state index contributed by atoms with van der Waals surface area (Å²) >= 11 is 0. The zero-order valence-electron chi connectivity index (χ0n) is 17.4. The number of nitrogens with zero attached hydrogens (tertiary/aromatic N) is 2. The van der Waals surface area contributed by atoms with Crippen LogP contribution in [0.15, 0.2) is 36.8 Å². The summed E-state index contributed by atoms with van der Waals surface area (Å²) in [5, 5.41) is 23.2. The van der Waals surface area contributed by atoms with E-state index in [2.05, 4.69) is 15.6 Å². The van der Waals surface area contributed by atoms with Gasteiger partial charge in [0.2, 0.25) is 5.91 Å². The number of halogens is 1. The van der Waals surface area contributed by atoms with Crippen LogP contribution in [-0.4, -0.2) is 49.7 Å². The molecule has 1 saturated carbocycles. The molecule has 0 unspecified atom stereocenters. The smallest absolute Gasteiger partial charge is 0.300 e. The molecule has 2 aromatic rings. The second-order valence-electron chi connectivity index (χ2n) is 7.25. The first-order valence-electron chi connectivity index (χ1n) is 9.92. The Morgan fingerprint density at radius 1 is 1.23 bits per heavy atom. The number of hydrogen-bond acceptors (Lipinski definition) is 5. The number of rotatable bonds is 6. The van der Waals surface area contributed by atoms with Gasteiger partial charge in [-0.05, 0) is 44.0 Å². The number of aromatic nitrogens is 2. The Morgan fingerprint density at radius 3 is 2.45 bits per heavy atom. The minimum absolute atomic E-state index is 0.168. The van der Waals surface area contributed by atoms with E-state index in [1.807, 2.05) is 17.7 Å². The van der Waals surface area contributed by atoms with Gasteiger partial charge >= 0.3 is 0 Å². The van der Waals surface area contributed by atoms with Gasteiger partial charge in [0.15, 0.2) is 0 Å². The number of carbonyl (C=O) groups excluding carboxylic acids is 2. The number of carboxylic acid groups (broad SMARTS) is 1. The molecule has 3 atom stereocenters. The summed E-state index contributed by atoms with van der Waals surface area (Å²) in [6, 6.07) is 4.65. The number of carbonyl (C=O) groups is 3. The zero-order valence-corrected chi connectivity index (χ0v) is 17.4. The Kier molecular flexibility index (Phi) is 8.68. The number of carboxylic acids is 1. The monoisotopic (exact) mass is 434 g/mol. The lowest BCUT2D eigenvalue weighted by molar-refractivity contribution is -0.134. The van der Waals surface area contributed by atoms with Crippen LogP contribution in [0.4, 0.5) is 4.39 Å². The fraction of sp³-hybridized carbons (Fsp3) is 0.429. The molecule has 1 fully saturated rings. The van der Waals surface area contributed by atoms with Gasteiger partial charge in [-0.3, -0.25) is 14.4 Å². The predicted molar refractivity (Wildman–Crippen MR) is 109 cm³/mol. The number of benzene rings is 1. The molecular formula is C21H27FN4O5. The average Bonchev–Trinajstić information content (AvgIpc) is 3.33. The standard InChI is InChI=1S/C19H23FN4O3.C2H4O2/c1-2-24-10-15(22-11-24)9-21-18(26)13-7-16(17(25)8-13)23-19(27)12-3-5-14(20)6-4-12;1-2(3)4/h3-6,10-11,13,16-17,25H,2,7-9H2,1H3,(H,21,26)(H,23,27);1H3,(H,3,4)/t13-,16+,17+;/m0./s1. The highest BCUT2D eigenvalue weighted by Gasteiger charge is 2.37. The topological polar surface area (TPSA) is 134 Å². The molecule has 0 saturated heterocycles. The lowest BCUT2D eigenvalue weighted by Gasteiger charge is -2.16. The molecule has 31 heavy (non-hydrogen) atoms. The number of hydrogen-bond donors (Lipinski definition) is 4. The number of nitrogens with one attached hydrogen (secondary N) is 2. The fourth-order valence-corrected chi connectivity index (χ4v) is 3.23. The summed E-state index contributed by atoms with van der Waals surface area (Å²) in [6.07, 6.45) is 3.41. The molecule has 10 heteroatoms. The van der Waals surface area contributed by atoms with Crippen molar-refractivity contribution in [2.45, 2.75) is 51.9 Å². The van der Waals surface area contributed by atoms with Gasteiger partial charge in [-0.2, -0.15) is 0 Å². The molecule has 4 N–H and O–H groups in total. The number of amides is 2. The van der Waals surface area contributed by atoms with Crippen molar-refractivity contribution in [2.24, 2.45) is 5.92 Å². The number of aliphatic hydroxyl groups is 1. The van der Waals surface area contributed by atoms with E-state index >= 15 is 0 Å². The van der Waals surface area contributed by atoms with Gasteiger partial charge in [-0.1, -0.05) is 0 Å². The molecule has 0 spiro atoms. The maximum atomic E-state index is 13.0. The van der Waals surface area contributed by atoms with Crippen molar-refractivity contribution in [1.29, 1.82) is 0 Å². The normalized spacial score (nSPS) is 19.8. The summed E-state index contributed by atoms with van der Waals surface area (Å²) in [6.45, 7) is 4.22. The fourth-order valence-electron chi connectivity index (χ4n) is 3.23. The van der Waals surface area contributed by atoms with Crippen LogP contribution >= 0.6 is 0 Å². The SMILES string of the molecule is CC(=O)O.CCn1cnc(CNC(=O)[C@@H]2C[C@@H](O)[C@H](NC(=O)c3ccc(F)cc3)C2)c1. The van der Waals surface area contributed by atoms with Crippen LogP contribution in [-0.2, 0) is 22.7 Å². The van der Waals surface area contributed by atoms with Crippen LogP contribution in [0.25, 0.3) is 0 Å². The van der Waals surface area contributed by atoms with E-state index in [-0.39, 0.29) is 18.2 Å². The first-order valence-corrected chi connectivity index (χ1v) is 9.92. The molecule has 3 rings (SSSR count). The predicted octanol–water partition coefficient (Wildman–Crippen LogP) is 1.32. The third-order valence-corrected chi connectivity index (χ3v) is 4.82. The van der Waals surface area contributed by atoms with Crippen LogP contribution in [0.1, 0.15) is 42.7 Å². The summed E-state index contributed by atoms with van der Waals surface area (Å²) in [7, 11) is 0. The second kappa shape index (κ2) is 11.2. The van der Waals surface area contributed by atoms with Gasteiger partial charge < -0.3 is 25.4 Å². The Bertz CT molecular complexity index is 895. The quantitative estimate of drug-likeness (QED) is 0.542. The van der Waals surface area contributed by atoms with Crippen LogP contribution in [0, 0.1) is 11.7 Å². The van der Waals surface area contributed by atoms with E-state index in [0.29, 0.717) is 18.5 Å². The highest BCUT2D eigenvalue weighted by molar-refractivity contribution is 5.94. The molecular weight excluding hydrogens is 407 g/mol. The van der Waals surface area contributed by atoms with Crippen molar-refractivity contribution >= 4 is 17.8 Å². The van der Waals surface area contributed by atoms with E-state index < -0.39 is 29.8 Å². The molecule has 1 aliphatic rings. The summed E-state index contributed by atoms with van der Waals surface area (Å²) < 4.78 is 14.9. The molecule has 1 aromatic heterocycles. The van der Waals surface area contributed by atoms with Crippen LogP contribution in [0.3, 0.4) is 0 Å². The molecule has 168 valence electrons. The molecule has 1 aromatic carbocycles. The molecule has 1 heterocycles. The van der Waals surface area contributed by atoms with Crippen molar-refractivity contribution < 1.29 is 29.0 Å². The third-order valence-electron chi connectivity index (χ3n) is 4.82. The van der Waals surface area contributed by atoms with E-state index in [9.17, 15) is 19.1 Å². The van der Waals surface area contributed by atoms with Gasteiger partial charge in [-0.25, -0.2) is 9.37 Å². The first kappa shape index (κ1) is 24.0. The first-order chi connectivity index (χ1) is 14.7. The largest absolute Gasteiger partial charge is 0.481 e. The van der Waals surface area contributed by atoms with E-state index in [1.54, 1.807) is 6.33 Å². The number of aryl methyl sites for hydroxylation is 1. The number of imidazole rings is 1. The van der Waals surface area contributed by atoms with Gasteiger partial charge in [0.1, 0.15) is 5.82 Å². The highest BCUT2D eigenvalue weighted by atomic mass is 19.1. The van der Waals surface area contributed by atoms with Crippen molar-refractivity contribution in [3.8, 4) is 0 Å². The van der Waals surface area contributed by atoms with E-state index in [4.69, 9.17) is 9.90 Å². The number of aliphatic hydroxyl groups excluding tert-OH is 1. The Labute approximate surface area is 179 Å². The van der Waals surface area contributed by atoms with E-state index in [0.717, 1.165) is 19.2 Å². The molecule has 1 aliphatic carbocycles. The second-order valence-corrected chi connectivity index (χ2v) is 7.25. The summed E-state index contributed by atoms with van der Waals surface area (Å²) in [4.78, 5) is 37.8. The number of aliphatic carboxylic acids is 1. The Balaban J connectivity index is 0.000000785. The van der Waals surface area contributed by atoms with Crippen molar-refractivity contribution in [2.75, 3.05) is 0 Å². The highest BCUT2D eigenvalue weighted by Crippen LogP contribution is 2.26. The average molecular weight is 434 g/mol. The van der Waals surface area contributed by atoms with Crippen LogP contribution in [0.5, 0.6) is 0 Å². The van der Waals surface area contributed by atoms with Gasteiger partial charge in [0.05, 0.1) is 30.7 Å². The summed E-state index contributed by atoms with van der Waals surface area (Å²) in [5.41, 5.74) is 1.08. The lowest BCUT2D eigenvalue weighted by atomic mass is 10.1. The van der Waals surface area contributed by atoms with Gasteiger partial charge in [0.25, 0.3) is 11.9 Å². The van der Waals surface area contributed by atoms with Gasteiger partial charge in [-0.15, -0.1) is 0 Å². The lowest BCUT2D eigenvalue weighted by Crippen LogP contribution is -2.40.